The van der Waals surface area contributed by atoms with Crippen LogP contribution in [0.25, 0.3) is 0 Å². The molecule has 1 aromatic carbocycles. The Morgan fingerprint density at radius 1 is 1.35 bits per heavy atom. The summed E-state index contributed by atoms with van der Waals surface area (Å²) >= 11 is 0. The van der Waals surface area contributed by atoms with Crippen LogP contribution >= 0.6 is 0 Å². The third-order valence-corrected chi connectivity index (χ3v) is 3.02. The molecule has 3 heteroatoms. The van der Waals surface area contributed by atoms with Crippen molar-refractivity contribution in [3.8, 4) is 0 Å². The number of hydrogen-bond donors (Lipinski definition) is 2. The van der Waals surface area contributed by atoms with E-state index in [0.29, 0.717) is 0 Å². The number of hydrogen-bond acceptors (Lipinski definition) is 1. The number of nitrogens with one attached hydrogen (secondary N) is 2. The van der Waals surface area contributed by atoms with Gasteiger partial charge < -0.3 is 10.6 Å². The Balaban J connectivity index is 1.78. The van der Waals surface area contributed by atoms with Gasteiger partial charge in [-0.25, -0.2) is 0 Å². The molecular formula is C14H21N3. The van der Waals surface area contributed by atoms with Crippen LogP contribution in [-0.2, 0) is 6.54 Å². The van der Waals surface area contributed by atoms with Crippen LogP contribution in [0.1, 0.15) is 24.0 Å². The minimum Gasteiger partial charge on any atom is -0.356 e. The second-order valence-electron chi connectivity index (χ2n) is 4.74. The largest absolute Gasteiger partial charge is 0.356 e. The molecule has 1 aromatic rings. The van der Waals surface area contributed by atoms with E-state index in [2.05, 4.69) is 46.8 Å². The topological polar surface area (TPSA) is 36.4 Å². The van der Waals surface area contributed by atoms with Crippen LogP contribution in [0, 0.1) is 12.8 Å². The fourth-order valence-corrected chi connectivity index (χ4v) is 1.79. The van der Waals surface area contributed by atoms with Gasteiger partial charge in [0.1, 0.15) is 0 Å². The number of aryl methyl sites for hydroxylation is 1. The highest BCUT2D eigenvalue weighted by Crippen LogP contribution is 2.27. The zero-order valence-corrected chi connectivity index (χ0v) is 10.7. The molecule has 0 atom stereocenters. The molecule has 0 saturated heterocycles. The molecule has 0 bridgehead atoms. The number of aliphatic imine (C=N–C) groups is 1. The molecule has 2 rings (SSSR count). The van der Waals surface area contributed by atoms with Gasteiger partial charge in [-0.1, -0.05) is 29.8 Å². The Bertz CT molecular complexity index is 394. The number of rotatable bonds is 4. The predicted octanol–water partition coefficient (Wildman–Crippen LogP) is 2.07. The van der Waals surface area contributed by atoms with E-state index in [1.54, 1.807) is 0 Å². The second-order valence-corrected chi connectivity index (χ2v) is 4.74. The van der Waals surface area contributed by atoms with Gasteiger partial charge in [0.2, 0.25) is 0 Å². The van der Waals surface area contributed by atoms with Gasteiger partial charge in [0.15, 0.2) is 5.96 Å². The third-order valence-electron chi connectivity index (χ3n) is 3.02. The van der Waals surface area contributed by atoms with Gasteiger partial charge in [-0.3, -0.25) is 4.99 Å². The van der Waals surface area contributed by atoms with Crippen molar-refractivity contribution in [2.24, 2.45) is 10.9 Å². The van der Waals surface area contributed by atoms with E-state index in [-0.39, 0.29) is 0 Å². The molecule has 0 spiro atoms. The van der Waals surface area contributed by atoms with Crippen molar-refractivity contribution in [3.05, 3.63) is 35.4 Å². The first kappa shape index (κ1) is 12.0. The Morgan fingerprint density at radius 2 is 2.18 bits per heavy atom. The van der Waals surface area contributed by atoms with E-state index >= 15 is 0 Å². The highest BCUT2D eigenvalue weighted by molar-refractivity contribution is 5.79. The van der Waals surface area contributed by atoms with Crippen LogP contribution in [0.5, 0.6) is 0 Å². The lowest BCUT2D eigenvalue weighted by Crippen LogP contribution is -2.37. The zero-order chi connectivity index (χ0) is 12.1. The predicted molar refractivity (Wildman–Crippen MR) is 72.1 cm³/mol. The summed E-state index contributed by atoms with van der Waals surface area (Å²) in [6.45, 7) is 3.99. The summed E-state index contributed by atoms with van der Waals surface area (Å²) in [5.74, 6) is 1.77. The van der Waals surface area contributed by atoms with E-state index in [9.17, 15) is 0 Å². The van der Waals surface area contributed by atoms with Gasteiger partial charge >= 0.3 is 0 Å². The summed E-state index contributed by atoms with van der Waals surface area (Å²) in [6.07, 6.45) is 2.73. The number of guanidine groups is 1. The maximum Gasteiger partial charge on any atom is 0.191 e. The number of nitrogens with zero attached hydrogens (tertiary/aromatic N) is 1. The zero-order valence-electron chi connectivity index (χ0n) is 10.7. The molecule has 2 N–H and O–H groups in total. The van der Waals surface area contributed by atoms with Gasteiger partial charge in [-0.15, -0.1) is 0 Å². The van der Waals surface area contributed by atoms with Crippen LogP contribution in [0.4, 0.5) is 0 Å². The lowest BCUT2D eigenvalue weighted by molar-refractivity contribution is 0.737. The van der Waals surface area contributed by atoms with Crippen molar-refractivity contribution in [1.29, 1.82) is 0 Å². The van der Waals surface area contributed by atoms with E-state index < -0.39 is 0 Å². The molecule has 0 amide bonds. The molecule has 92 valence electrons. The first-order valence-corrected chi connectivity index (χ1v) is 6.28. The average molecular weight is 231 g/mol. The van der Waals surface area contributed by atoms with E-state index in [1.807, 2.05) is 7.05 Å². The van der Waals surface area contributed by atoms with Crippen molar-refractivity contribution in [3.63, 3.8) is 0 Å². The monoisotopic (exact) mass is 231 g/mol. The first-order chi connectivity index (χ1) is 8.28. The molecule has 0 aromatic heterocycles. The fourth-order valence-electron chi connectivity index (χ4n) is 1.79. The van der Waals surface area contributed by atoms with Crippen LogP contribution in [0.3, 0.4) is 0 Å². The SMILES string of the molecule is CN=C(NCc1cccc(C)c1)NCC1CC1. The van der Waals surface area contributed by atoms with E-state index in [4.69, 9.17) is 0 Å². The highest BCUT2D eigenvalue weighted by Gasteiger charge is 2.20. The molecule has 0 heterocycles. The maximum atomic E-state index is 4.22. The minimum absolute atomic E-state index is 0.825. The van der Waals surface area contributed by atoms with Crippen molar-refractivity contribution >= 4 is 5.96 Å². The molecule has 0 unspecified atom stereocenters. The maximum absolute atomic E-state index is 4.22. The second kappa shape index (κ2) is 5.71. The molecule has 3 nitrogen and oxygen atoms in total. The van der Waals surface area contributed by atoms with Gasteiger partial charge in [0, 0.05) is 20.1 Å². The van der Waals surface area contributed by atoms with Gasteiger partial charge in [0.25, 0.3) is 0 Å². The summed E-state index contributed by atoms with van der Waals surface area (Å²) in [5, 5.41) is 6.69. The highest BCUT2D eigenvalue weighted by atomic mass is 15.2. The Morgan fingerprint density at radius 3 is 2.82 bits per heavy atom. The minimum atomic E-state index is 0.825. The molecule has 1 fully saturated rings. The van der Waals surface area contributed by atoms with Crippen molar-refractivity contribution in [1.82, 2.24) is 10.6 Å². The van der Waals surface area contributed by atoms with Crippen molar-refractivity contribution in [2.45, 2.75) is 26.3 Å². The summed E-state index contributed by atoms with van der Waals surface area (Å²) < 4.78 is 0. The van der Waals surface area contributed by atoms with Gasteiger partial charge in [0.05, 0.1) is 0 Å². The lowest BCUT2D eigenvalue weighted by atomic mass is 10.1. The Kier molecular flexibility index (Phi) is 4.02. The van der Waals surface area contributed by atoms with Crippen LogP contribution < -0.4 is 10.6 Å². The normalized spacial score (nSPS) is 15.8. The molecule has 0 radical (unpaired) electrons. The standard InChI is InChI=1S/C14H21N3/c1-11-4-3-5-13(8-11)10-17-14(15-2)16-9-12-6-7-12/h3-5,8,12H,6-7,9-10H2,1-2H3,(H2,15,16,17). The smallest absolute Gasteiger partial charge is 0.191 e. The molecule has 0 aliphatic heterocycles. The lowest BCUT2D eigenvalue weighted by Gasteiger charge is -2.11. The van der Waals surface area contributed by atoms with Crippen LogP contribution in [-0.4, -0.2) is 19.6 Å². The summed E-state index contributed by atoms with van der Waals surface area (Å²) in [7, 11) is 1.82. The molecule has 1 aliphatic rings. The quantitative estimate of drug-likeness (QED) is 0.615. The van der Waals surface area contributed by atoms with Crippen LogP contribution in [0.2, 0.25) is 0 Å². The Labute approximate surface area is 103 Å². The first-order valence-electron chi connectivity index (χ1n) is 6.28. The summed E-state index contributed by atoms with van der Waals surface area (Å²) in [6, 6.07) is 8.53. The molecule has 1 saturated carbocycles. The summed E-state index contributed by atoms with van der Waals surface area (Å²) in [4.78, 5) is 4.22. The van der Waals surface area contributed by atoms with Crippen molar-refractivity contribution < 1.29 is 0 Å². The molecule has 1 aliphatic carbocycles. The average Bonchev–Trinajstić information content (AvgIpc) is 3.13. The fraction of sp³-hybridized carbons (Fsp3) is 0.500. The van der Waals surface area contributed by atoms with Crippen LogP contribution in [0.15, 0.2) is 29.3 Å². The van der Waals surface area contributed by atoms with Crippen molar-refractivity contribution in [2.75, 3.05) is 13.6 Å². The summed E-state index contributed by atoms with van der Waals surface area (Å²) in [5.41, 5.74) is 2.59. The van der Waals surface area contributed by atoms with E-state index in [0.717, 1.165) is 25.0 Å². The Hall–Kier alpha value is -1.51. The van der Waals surface area contributed by atoms with Gasteiger partial charge in [-0.05, 0) is 31.2 Å². The van der Waals surface area contributed by atoms with E-state index in [1.165, 1.54) is 24.0 Å². The molecule has 17 heavy (non-hydrogen) atoms. The molecular weight excluding hydrogens is 210 g/mol. The van der Waals surface area contributed by atoms with Gasteiger partial charge in [-0.2, -0.15) is 0 Å². The number of benzene rings is 1. The third kappa shape index (κ3) is 4.10.